The van der Waals surface area contributed by atoms with Gasteiger partial charge in [0.25, 0.3) is 0 Å². The number of hydrogen-bond donors (Lipinski definition) is 1. The van der Waals surface area contributed by atoms with Crippen LogP contribution in [-0.2, 0) is 6.61 Å². The van der Waals surface area contributed by atoms with Gasteiger partial charge in [0, 0.05) is 35.4 Å². The SMILES string of the molecule is Cc1cc(Nc2cccc(OCc3cccnc3)c2)c(C#N)c(C)n1. The van der Waals surface area contributed by atoms with Crippen molar-refractivity contribution in [2.75, 3.05) is 5.32 Å². The molecule has 2 aromatic heterocycles. The minimum atomic E-state index is 0.453. The Morgan fingerprint density at radius 3 is 2.80 bits per heavy atom. The Balaban J connectivity index is 1.77. The fraction of sp³-hybridized carbons (Fsp3) is 0.150. The van der Waals surface area contributed by atoms with E-state index >= 15 is 0 Å². The monoisotopic (exact) mass is 330 g/mol. The molecule has 3 aromatic rings. The highest BCUT2D eigenvalue weighted by Gasteiger charge is 2.09. The van der Waals surface area contributed by atoms with Crippen molar-refractivity contribution in [2.45, 2.75) is 20.5 Å². The van der Waals surface area contributed by atoms with Crippen LogP contribution in [0.2, 0.25) is 0 Å². The van der Waals surface area contributed by atoms with E-state index < -0.39 is 0 Å². The van der Waals surface area contributed by atoms with Crippen LogP contribution in [0.25, 0.3) is 0 Å². The summed E-state index contributed by atoms with van der Waals surface area (Å²) in [6.07, 6.45) is 3.52. The lowest BCUT2D eigenvalue weighted by molar-refractivity contribution is 0.306. The van der Waals surface area contributed by atoms with Crippen molar-refractivity contribution in [1.82, 2.24) is 9.97 Å². The first kappa shape index (κ1) is 16.5. The number of anilines is 2. The van der Waals surface area contributed by atoms with Crippen LogP contribution in [0.1, 0.15) is 22.5 Å². The number of nitriles is 1. The van der Waals surface area contributed by atoms with Crippen molar-refractivity contribution in [1.29, 1.82) is 5.26 Å². The molecule has 0 aliphatic heterocycles. The van der Waals surface area contributed by atoms with Crippen LogP contribution in [0, 0.1) is 25.2 Å². The zero-order valence-electron chi connectivity index (χ0n) is 14.2. The molecule has 0 spiro atoms. The van der Waals surface area contributed by atoms with E-state index in [0.29, 0.717) is 17.9 Å². The molecule has 0 aliphatic rings. The van der Waals surface area contributed by atoms with Crippen molar-refractivity contribution >= 4 is 11.4 Å². The summed E-state index contributed by atoms with van der Waals surface area (Å²) in [4.78, 5) is 8.41. The summed E-state index contributed by atoms with van der Waals surface area (Å²) in [5.74, 6) is 0.745. The van der Waals surface area contributed by atoms with Crippen LogP contribution in [0.15, 0.2) is 54.9 Å². The topological polar surface area (TPSA) is 70.8 Å². The van der Waals surface area contributed by atoms with Crippen molar-refractivity contribution in [3.8, 4) is 11.8 Å². The fourth-order valence-electron chi connectivity index (χ4n) is 2.54. The minimum absolute atomic E-state index is 0.453. The molecule has 0 bridgehead atoms. The molecule has 25 heavy (non-hydrogen) atoms. The molecule has 124 valence electrons. The third-order valence-corrected chi connectivity index (χ3v) is 3.68. The predicted octanol–water partition coefficient (Wildman–Crippen LogP) is 4.29. The molecular weight excluding hydrogens is 312 g/mol. The van der Waals surface area contributed by atoms with E-state index in [1.54, 1.807) is 12.4 Å². The van der Waals surface area contributed by atoms with Crippen molar-refractivity contribution < 1.29 is 4.74 Å². The van der Waals surface area contributed by atoms with Gasteiger partial charge in [-0.05, 0) is 38.1 Å². The van der Waals surface area contributed by atoms with E-state index in [0.717, 1.165) is 28.4 Å². The van der Waals surface area contributed by atoms with Gasteiger partial charge in [0.2, 0.25) is 0 Å². The van der Waals surface area contributed by atoms with Crippen LogP contribution in [0.3, 0.4) is 0 Å². The summed E-state index contributed by atoms with van der Waals surface area (Å²) in [5.41, 5.74) is 4.74. The standard InChI is InChI=1S/C20H18N4O/c1-14-9-20(19(11-21)15(2)23-14)24-17-6-3-7-18(10-17)25-13-16-5-4-8-22-12-16/h3-10,12H,13H2,1-2H3,(H,23,24). The smallest absolute Gasteiger partial charge is 0.121 e. The third-order valence-electron chi connectivity index (χ3n) is 3.68. The maximum atomic E-state index is 9.37. The number of benzene rings is 1. The van der Waals surface area contributed by atoms with Crippen LogP contribution >= 0.6 is 0 Å². The molecule has 1 N–H and O–H groups in total. The quantitative estimate of drug-likeness (QED) is 0.755. The maximum Gasteiger partial charge on any atom is 0.121 e. The van der Waals surface area contributed by atoms with Gasteiger partial charge in [0.15, 0.2) is 0 Å². The number of aromatic nitrogens is 2. The molecule has 0 aliphatic carbocycles. The molecule has 1 aromatic carbocycles. The van der Waals surface area contributed by atoms with E-state index in [2.05, 4.69) is 21.4 Å². The Hall–Kier alpha value is -3.39. The summed E-state index contributed by atoms with van der Waals surface area (Å²) in [6, 6.07) is 15.6. The van der Waals surface area contributed by atoms with Gasteiger partial charge >= 0.3 is 0 Å². The van der Waals surface area contributed by atoms with E-state index in [4.69, 9.17) is 4.74 Å². The first-order valence-electron chi connectivity index (χ1n) is 7.93. The number of aryl methyl sites for hydroxylation is 2. The Bertz CT molecular complexity index is 917. The van der Waals surface area contributed by atoms with Gasteiger partial charge in [-0.25, -0.2) is 0 Å². The van der Waals surface area contributed by atoms with E-state index in [9.17, 15) is 5.26 Å². The summed E-state index contributed by atoms with van der Waals surface area (Å²) in [6.45, 7) is 4.20. The van der Waals surface area contributed by atoms with Crippen LogP contribution in [0.5, 0.6) is 5.75 Å². The summed E-state index contributed by atoms with van der Waals surface area (Å²) < 4.78 is 5.82. The molecule has 0 unspecified atom stereocenters. The lowest BCUT2D eigenvalue weighted by Crippen LogP contribution is -2.00. The Morgan fingerprint density at radius 1 is 1.16 bits per heavy atom. The molecule has 2 heterocycles. The lowest BCUT2D eigenvalue weighted by Gasteiger charge is -2.12. The van der Waals surface area contributed by atoms with Crippen LogP contribution in [0.4, 0.5) is 11.4 Å². The highest BCUT2D eigenvalue weighted by Crippen LogP contribution is 2.26. The summed E-state index contributed by atoms with van der Waals surface area (Å²) in [7, 11) is 0. The highest BCUT2D eigenvalue weighted by molar-refractivity contribution is 5.68. The predicted molar refractivity (Wildman–Crippen MR) is 96.7 cm³/mol. The zero-order valence-corrected chi connectivity index (χ0v) is 14.2. The number of hydrogen-bond acceptors (Lipinski definition) is 5. The molecule has 5 nitrogen and oxygen atoms in total. The molecule has 0 fully saturated rings. The number of ether oxygens (including phenoxy) is 1. The molecular formula is C20H18N4O. The maximum absolute atomic E-state index is 9.37. The second-order valence-corrected chi connectivity index (χ2v) is 5.69. The second-order valence-electron chi connectivity index (χ2n) is 5.69. The molecule has 0 radical (unpaired) electrons. The van der Waals surface area contributed by atoms with E-state index in [1.807, 2.05) is 56.3 Å². The number of rotatable bonds is 5. The number of nitrogens with one attached hydrogen (secondary N) is 1. The molecule has 0 saturated carbocycles. The Kier molecular flexibility index (Phi) is 4.91. The number of pyridine rings is 2. The molecule has 0 saturated heterocycles. The largest absolute Gasteiger partial charge is 0.489 e. The first-order valence-corrected chi connectivity index (χ1v) is 7.93. The summed E-state index contributed by atoms with van der Waals surface area (Å²) >= 11 is 0. The van der Waals surface area contributed by atoms with Gasteiger partial charge < -0.3 is 10.1 Å². The van der Waals surface area contributed by atoms with Crippen molar-refractivity contribution in [2.24, 2.45) is 0 Å². The van der Waals surface area contributed by atoms with Gasteiger partial charge in [-0.1, -0.05) is 12.1 Å². The van der Waals surface area contributed by atoms with Crippen LogP contribution < -0.4 is 10.1 Å². The average molecular weight is 330 g/mol. The van der Waals surface area contributed by atoms with Gasteiger partial charge in [0.05, 0.1) is 16.9 Å². The fourth-order valence-corrected chi connectivity index (χ4v) is 2.54. The van der Waals surface area contributed by atoms with Crippen LogP contribution in [-0.4, -0.2) is 9.97 Å². The molecule has 0 atom stereocenters. The van der Waals surface area contributed by atoms with E-state index in [-0.39, 0.29) is 0 Å². The minimum Gasteiger partial charge on any atom is -0.489 e. The first-order chi connectivity index (χ1) is 12.2. The molecule has 0 amide bonds. The van der Waals surface area contributed by atoms with Gasteiger partial charge in [0.1, 0.15) is 18.4 Å². The highest BCUT2D eigenvalue weighted by atomic mass is 16.5. The molecule has 5 heteroatoms. The summed E-state index contributed by atoms with van der Waals surface area (Å²) in [5, 5.41) is 12.7. The normalized spacial score (nSPS) is 10.1. The third kappa shape index (κ3) is 4.12. The van der Waals surface area contributed by atoms with Crippen molar-refractivity contribution in [3.63, 3.8) is 0 Å². The molecule has 3 rings (SSSR count). The lowest BCUT2D eigenvalue weighted by atomic mass is 10.1. The Labute approximate surface area is 147 Å². The van der Waals surface area contributed by atoms with Gasteiger partial charge in [-0.3, -0.25) is 9.97 Å². The van der Waals surface area contributed by atoms with E-state index in [1.165, 1.54) is 0 Å². The average Bonchev–Trinajstić information content (AvgIpc) is 2.61. The van der Waals surface area contributed by atoms with Crippen molar-refractivity contribution in [3.05, 3.63) is 77.4 Å². The van der Waals surface area contributed by atoms with Gasteiger partial charge in [-0.2, -0.15) is 5.26 Å². The number of nitrogens with zero attached hydrogens (tertiary/aromatic N) is 3. The second kappa shape index (κ2) is 7.45. The van der Waals surface area contributed by atoms with Gasteiger partial charge in [-0.15, -0.1) is 0 Å². The zero-order chi connectivity index (χ0) is 17.6. The Morgan fingerprint density at radius 2 is 2.04 bits per heavy atom.